The first-order valence-electron chi connectivity index (χ1n) is 4.45. The van der Waals surface area contributed by atoms with Gasteiger partial charge in [0.15, 0.2) is 0 Å². The third kappa shape index (κ3) is 4.36. The Hall–Kier alpha value is -0.820. The first-order valence-corrected chi connectivity index (χ1v) is 6.06. The van der Waals surface area contributed by atoms with E-state index in [2.05, 4.69) is 33.1 Å². The molecular formula is C10H10ClIN2O2. The molecule has 0 saturated carbocycles. The van der Waals surface area contributed by atoms with Crippen LogP contribution < -0.4 is 5.43 Å². The standard InChI is InChI=1S/C10H10ClIN2O2/c1-7(15)16-10(6-11)14-13-9-5-3-2-4-8(9)12/h2-5,13H,6H2,1H3. The number of carbonyl (C=O) groups is 1. The van der Waals surface area contributed by atoms with E-state index >= 15 is 0 Å². The normalized spacial score (nSPS) is 11.1. The lowest BCUT2D eigenvalue weighted by Gasteiger charge is -2.05. The number of rotatable bonds is 3. The van der Waals surface area contributed by atoms with Crippen LogP contribution in [0.1, 0.15) is 6.92 Å². The maximum Gasteiger partial charge on any atom is 0.309 e. The zero-order chi connectivity index (χ0) is 12.0. The van der Waals surface area contributed by atoms with E-state index in [-0.39, 0.29) is 11.8 Å². The van der Waals surface area contributed by atoms with Crippen molar-refractivity contribution in [1.82, 2.24) is 0 Å². The van der Waals surface area contributed by atoms with Gasteiger partial charge >= 0.3 is 5.97 Å². The van der Waals surface area contributed by atoms with Crippen LogP contribution in [0.4, 0.5) is 5.69 Å². The van der Waals surface area contributed by atoms with Gasteiger partial charge in [-0.3, -0.25) is 10.2 Å². The predicted octanol–water partition coefficient (Wildman–Crippen LogP) is 2.82. The molecule has 86 valence electrons. The zero-order valence-electron chi connectivity index (χ0n) is 8.54. The summed E-state index contributed by atoms with van der Waals surface area (Å²) in [6.07, 6.45) is 0. The number of esters is 1. The van der Waals surface area contributed by atoms with Crippen LogP contribution in [0.5, 0.6) is 0 Å². The third-order valence-electron chi connectivity index (χ3n) is 1.55. The lowest BCUT2D eigenvalue weighted by atomic mass is 10.3. The molecule has 1 rings (SSSR count). The molecule has 4 nitrogen and oxygen atoms in total. The molecule has 0 radical (unpaired) electrons. The summed E-state index contributed by atoms with van der Waals surface area (Å²) in [7, 11) is 0. The highest BCUT2D eigenvalue weighted by molar-refractivity contribution is 14.1. The van der Waals surface area contributed by atoms with Crippen LogP contribution >= 0.6 is 34.2 Å². The minimum Gasteiger partial charge on any atom is -0.409 e. The third-order valence-corrected chi connectivity index (χ3v) is 2.72. The average Bonchev–Trinajstić information content (AvgIpc) is 2.25. The number of hydrogen-bond donors (Lipinski definition) is 1. The van der Waals surface area contributed by atoms with E-state index in [0.29, 0.717) is 0 Å². The van der Waals surface area contributed by atoms with E-state index in [0.717, 1.165) is 9.26 Å². The Morgan fingerprint density at radius 3 is 2.81 bits per heavy atom. The SMILES string of the molecule is CC(=O)OC(CCl)=NNc1ccccc1I. The fraction of sp³-hybridized carbons (Fsp3) is 0.200. The van der Waals surface area contributed by atoms with Crippen LogP contribution in [0.3, 0.4) is 0 Å². The number of benzene rings is 1. The Morgan fingerprint density at radius 1 is 1.56 bits per heavy atom. The van der Waals surface area contributed by atoms with E-state index in [1.54, 1.807) is 0 Å². The van der Waals surface area contributed by atoms with Crippen molar-refractivity contribution in [2.24, 2.45) is 5.10 Å². The minimum atomic E-state index is -0.441. The largest absolute Gasteiger partial charge is 0.409 e. The fourth-order valence-corrected chi connectivity index (χ4v) is 1.54. The van der Waals surface area contributed by atoms with Gasteiger partial charge < -0.3 is 4.74 Å². The van der Waals surface area contributed by atoms with Gasteiger partial charge in [0.05, 0.1) is 5.69 Å². The summed E-state index contributed by atoms with van der Waals surface area (Å²) in [5, 5.41) is 3.90. The molecule has 16 heavy (non-hydrogen) atoms. The first kappa shape index (κ1) is 13.2. The highest BCUT2D eigenvalue weighted by Gasteiger charge is 2.03. The van der Waals surface area contributed by atoms with Gasteiger partial charge in [0.2, 0.25) is 5.90 Å². The van der Waals surface area contributed by atoms with Gasteiger partial charge in [-0.25, -0.2) is 0 Å². The molecule has 1 aromatic rings. The van der Waals surface area contributed by atoms with Crippen molar-refractivity contribution in [2.75, 3.05) is 11.3 Å². The van der Waals surface area contributed by atoms with Gasteiger partial charge in [0, 0.05) is 10.5 Å². The number of alkyl halides is 1. The van der Waals surface area contributed by atoms with Gasteiger partial charge in [-0.2, -0.15) is 0 Å². The highest BCUT2D eigenvalue weighted by Crippen LogP contribution is 2.16. The second kappa shape index (κ2) is 6.70. The van der Waals surface area contributed by atoms with Crippen molar-refractivity contribution in [3.05, 3.63) is 27.8 Å². The number of nitrogens with zero attached hydrogens (tertiary/aromatic N) is 1. The maximum atomic E-state index is 10.7. The monoisotopic (exact) mass is 352 g/mol. The van der Waals surface area contributed by atoms with Crippen LogP contribution in [-0.2, 0) is 9.53 Å². The average molecular weight is 353 g/mol. The molecule has 0 bridgehead atoms. The van der Waals surface area contributed by atoms with Crippen molar-refractivity contribution >= 4 is 51.7 Å². The van der Waals surface area contributed by atoms with E-state index in [1.807, 2.05) is 24.3 Å². The minimum absolute atomic E-state index is 0.0377. The lowest BCUT2D eigenvalue weighted by Crippen LogP contribution is -2.13. The zero-order valence-corrected chi connectivity index (χ0v) is 11.4. The molecule has 0 unspecified atom stereocenters. The summed E-state index contributed by atoms with van der Waals surface area (Å²) < 4.78 is 5.79. The number of nitrogens with one attached hydrogen (secondary N) is 1. The number of halogens is 2. The Balaban J connectivity index is 2.70. The first-order chi connectivity index (χ1) is 7.63. The molecule has 0 aliphatic rings. The van der Waals surface area contributed by atoms with Gasteiger partial charge in [0.1, 0.15) is 5.88 Å². The lowest BCUT2D eigenvalue weighted by molar-refractivity contribution is -0.133. The molecule has 1 aromatic carbocycles. The Morgan fingerprint density at radius 2 is 2.25 bits per heavy atom. The molecule has 0 aromatic heterocycles. The van der Waals surface area contributed by atoms with Gasteiger partial charge in [0.25, 0.3) is 0 Å². The molecule has 0 atom stereocenters. The van der Waals surface area contributed by atoms with Crippen molar-refractivity contribution in [1.29, 1.82) is 0 Å². The summed E-state index contributed by atoms with van der Waals surface area (Å²) in [5.41, 5.74) is 3.62. The fourth-order valence-electron chi connectivity index (χ4n) is 0.920. The number of ether oxygens (including phenoxy) is 1. The van der Waals surface area contributed by atoms with E-state index in [1.165, 1.54) is 6.92 Å². The maximum absolute atomic E-state index is 10.7. The van der Waals surface area contributed by atoms with Crippen molar-refractivity contribution in [2.45, 2.75) is 6.92 Å². The Bertz CT molecular complexity index is 410. The van der Waals surface area contributed by atoms with E-state index in [4.69, 9.17) is 16.3 Å². The predicted molar refractivity (Wildman–Crippen MR) is 72.7 cm³/mol. The molecule has 0 aliphatic heterocycles. The molecule has 0 amide bonds. The second-order valence-corrected chi connectivity index (χ2v) is 4.25. The molecule has 6 heteroatoms. The van der Waals surface area contributed by atoms with E-state index in [9.17, 15) is 4.79 Å². The summed E-state index contributed by atoms with van der Waals surface area (Å²) >= 11 is 7.74. The summed E-state index contributed by atoms with van der Waals surface area (Å²) in [4.78, 5) is 10.7. The molecule has 0 saturated heterocycles. The number of para-hydroxylation sites is 1. The molecule has 0 aliphatic carbocycles. The van der Waals surface area contributed by atoms with Gasteiger partial charge in [-0.1, -0.05) is 12.1 Å². The van der Waals surface area contributed by atoms with Crippen molar-refractivity contribution in [3.63, 3.8) is 0 Å². The van der Waals surface area contributed by atoms with Crippen LogP contribution in [0.2, 0.25) is 0 Å². The van der Waals surface area contributed by atoms with Crippen LogP contribution in [0, 0.1) is 3.57 Å². The molecule has 0 spiro atoms. The van der Waals surface area contributed by atoms with E-state index < -0.39 is 5.97 Å². The van der Waals surface area contributed by atoms with Crippen molar-refractivity contribution in [3.8, 4) is 0 Å². The number of carbonyl (C=O) groups excluding carboxylic acids is 1. The second-order valence-electron chi connectivity index (χ2n) is 2.82. The van der Waals surface area contributed by atoms with Crippen LogP contribution in [-0.4, -0.2) is 17.7 Å². The Labute approximate surface area is 112 Å². The molecule has 0 heterocycles. The number of hydrogen-bond acceptors (Lipinski definition) is 4. The molecule has 1 N–H and O–H groups in total. The van der Waals surface area contributed by atoms with Crippen molar-refractivity contribution < 1.29 is 9.53 Å². The van der Waals surface area contributed by atoms with Gasteiger partial charge in [-0.15, -0.1) is 16.7 Å². The smallest absolute Gasteiger partial charge is 0.309 e. The van der Waals surface area contributed by atoms with Crippen LogP contribution in [0.15, 0.2) is 29.4 Å². The van der Waals surface area contributed by atoms with Crippen LogP contribution in [0.25, 0.3) is 0 Å². The highest BCUT2D eigenvalue weighted by atomic mass is 127. The number of anilines is 1. The van der Waals surface area contributed by atoms with Gasteiger partial charge in [-0.05, 0) is 34.7 Å². The molecular weight excluding hydrogens is 342 g/mol. The Kier molecular flexibility index (Phi) is 5.54. The quantitative estimate of drug-likeness (QED) is 0.227. The molecule has 0 fully saturated rings. The topological polar surface area (TPSA) is 50.7 Å². The summed E-state index contributed by atoms with van der Waals surface area (Å²) in [6.45, 7) is 1.30. The summed E-state index contributed by atoms with van der Waals surface area (Å²) in [5.74, 6) is -0.256. The number of hydrazone groups is 1. The summed E-state index contributed by atoms with van der Waals surface area (Å²) in [6, 6.07) is 7.60.